The largest absolute Gasteiger partial charge is 0.318 e. The Balaban J connectivity index is 3.52. The summed E-state index contributed by atoms with van der Waals surface area (Å²) in [5.41, 5.74) is 5.38. The average Bonchev–Trinajstić information content (AvgIpc) is 1.86. The lowest BCUT2D eigenvalue weighted by Crippen LogP contribution is -2.33. The lowest BCUT2D eigenvalue weighted by molar-refractivity contribution is 0.279. The van der Waals surface area contributed by atoms with Crippen molar-refractivity contribution in [1.82, 2.24) is 4.90 Å². The van der Waals surface area contributed by atoms with Crippen LogP contribution in [0.15, 0.2) is 0 Å². The molecule has 0 fully saturated rings. The van der Waals surface area contributed by atoms with Gasteiger partial charge in [0.05, 0.1) is 12.6 Å². The first-order chi connectivity index (χ1) is 4.70. The molecule has 0 aliphatic carbocycles. The Labute approximate surface area is 62.4 Å². The number of nitrogens with zero attached hydrogens (tertiary/aromatic N) is 2. The van der Waals surface area contributed by atoms with Crippen LogP contribution in [0.4, 0.5) is 0 Å². The maximum Gasteiger partial charge on any atom is 0.0876 e. The Morgan fingerprint density at radius 2 is 2.20 bits per heavy atom. The number of hydrogen-bond donors (Lipinski definition) is 1. The molecule has 0 heterocycles. The van der Waals surface area contributed by atoms with Crippen LogP contribution in [0.2, 0.25) is 0 Å². The van der Waals surface area contributed by atoms with E-state index in [2.05, 4.69) is 19.9 Å². The lowest BCUT2D eigenvalue weighted by atomic mass is 10.2. The Morgan fingerprint density at radius 1 is 1.60 bits per heavy atom. The van der Waals surface area contributed by atoms with Gasteiger partial charge in [-0.1, -0.05) is 13.8 Å². The first-order valence-electron chi connectivity index (χ1n) is 3.50. The van der Waals surface area contributed by atoms with Crippen molar-refractivity contribution in [2.75, 3.05) is 19.8 Å². The van der Waals surface area contributed by atoms with Gasteiger partial charge in [0.15, 0.2) is 0 Å². The van der Waals surface area contributed by atoms with Crippen LogP contribution in [-0.2, 0) is 0 Å². The first-order valence-corrected chi connectivity index (χ1v) is 3.50. The maximum absolute atomic E-state index is 8.33. The van der Waals surface area contributed by atoms with E-state index in [1.807, 2.05) is 4.90 Å². The van der Waals surface area contributed by atoms with Crippen molar-refractivity contribution in [2.45, 2.75) is 13.8 Å². The normalized spacial score (nSPS) is 10.4. The van der Waals surface area contributed by atoms with Crippen LogP contribution in [0.1, 0.15) is 13.8 Å². The molecule has 0 radical (unpaired) electrons. The second-order valence-electron chi connectivity index (χ2n) is 2.75. The molecule has 0 bridgehead atoms. The van der Waals surface area contributed by atoms with Gasteiger partial charge in [-0.15, -0.1) is 0 Å². The Hall–Kier alpha value is -0.590. The van der Waals surface area contributed by atoms with E-state index in [0.29, 0.717) is 19.1 Å². The molecule has 3 heteroatoms. The molecule has 0 aromatic heterocycles. The summed E-state index contributed by atoms with van der Waals surface area (Å²) in [6, 6.07) is 2.07. The van der Waals surface area contributed by atoms with Gasteiger partial charge < -0.3 is 5.73 Å². The predicted molar refractivity (Wildman–Crippen MR) is 41.1 cm³/mol. The summed E-state index contributed by atoms with van der Waals surface area (Å²) in [7, 11) is 0. The molecule has 10 heavy (non-hydrogen) atoms. The molecule has 0 atom stereocenters. The van der Waals surface area contributed by atoms with E-state index >= 15 is 0 Å². The number of nitriles is 1. The van der Waals surface area contributed by atoms with Crippen LogP contribution in [0.25, 0.3) is 0 Å². The fraction of sp³-hybridized carbons (Fsp3) is 0.857. The summed E-state index contributed by atoms with van der Waals surface area (Å²) in [5.74, 6) is 0.580. The predicted octanol–water partition coefficient (Wildman–Crippen LogP) is 0.384. The highest BCUT2D eigenvalue weighted by Crippen LogP contribution is 1.94. The molecule has 58 valence electrons. The van der Waals surface area contributed by atoms with Crippen molar-refractivity contribution < 1.29 is 0 Å². The van der Waals surface area contributed by atoms with Gasteiger partial charge in [0.2, 0.25) is 0 Å². The SMILES string of the molecule is CC(C)CN(CN)CC#N. The maximum atomic E-state index is 8.33. The van der Waals surface area contributed by atoms with Gasteiger partial charge in [-0.05, 0) is 5.92 Å². The minimum atomic E-state index is 0.439. The van der Waals surface area contributed by atoms with Crippen LogP contribution in [-0.4, -0.2) is 24.7 Å². The van der Waals surface area contributed by atoms with Gasteiger partial charge in [0, 0.05) is 13.2 Å². The molecule has 0 unspecified atom stereocenters. The first kappa shape index (κ1) is 9.41. The Bertz CT molecular complexity index is 115. The molecule has 0 aliphatic heterocycles. The minimum absolute atomic E-state index is 0.439. The number of rotatable bonds is 4. The van der Waals surface area contributed by atoms with E-state index in [-0.39, 0.29) is 0 Å². The quantitative estimate of drug-likeness (QED) is 0.455. The van der Waals surface area contributed by atoms with E-state index < -0.39 is 0 Å². The summed E-state index contributed by atoms with van der Waals surface area (Å²) < 4.78 is 0. The van der Waals surface area contributed by atoms with Gasteiger partial charge in [-0.2, -0.15) is 5.26 Å². The van der Waals surface area contributed by atoms with Crippen molar-refractivity contribution in [1.29, 1.82) is 5.26 Å². The summed E-state index contributed by atoms with van der Waals surface area (Å²) in [6.07, 6.45) is 0. The zero-order chi connectivity index (χ0) is 7.98. The molecule has 0 amide bonds. The van der Waals surface area contributed by atoms with Gasteiger partial charge in [0.25, 0.3) is 0 Å². The molecule has 0 aliphatic rings. The average molecular weight is 141 g/mol. The van der Waals surface area contributed by atoms with Crippen LogP contribution >= 0.6 is 0 Å². The van der Waals surface area contributed by atoms with Crippen LogP contribution in [0, 0.1) is 17.2 Å². The van der Waals surface area contributed by atoms with Crippen molar-refractivity contribution in [3.8, 4) is 6.07 Å². The molecular formula is C7H15N3. The van der Waals surface area contributed by atoms with E-state index in [0.717, 1.165) is 6.54 Å². The summed E-state index contributed by atoms with van der Waals surface area (Å²) in [5, 5.41) is 8.33. The second-order valence-corrected chi connectivity index (χ2v) is 2.75. The minimum Gasteiger partial charge on any atom is -0.318 e. The Morgan fingerprint density at radius 3 is 2.50 bits per heavy atom. The summed E-state index contributed by atoms with van der Waals surface area (Å²) >= 11 is 0. The molecular weight excluding hydrogens is 126 g/mol. The highest BCUT2D eigenvalue weighted by molar-refractivity contribution is 4.75. The fourth-order valence-electron chi connectivity index (χ4n) is 0.820. The van der Waals surface area contributed by atoms with Gasteiger partial charge in [-0.3, -0.25) is 4.90 Å². The van der Waals surface area contributed by atoms with Crippen molar-refractivity contribution in [2.24, 2.45) is 11.7 Å². The number of nitrogens with two attached hydrogens (primary N) is 1. The third kappa shape index (κ3) is 4.30. The topological polar surface area (TPSA) is 53.0 Å². The van der Waals surface area contributed by atoms with Gasteiger partial charge >= 0.3 is 0 Å². The molecule has 0 rings (SSSR count). The standard InChI is InChI=1S/C7H15N3/c1-7(2)5-10(6-9)4-3-8/h7H,4-6,9H2,1-2H3. The van der Waals surface area contributed by atoms with E-state index in [1.165, 1.54) is 0 Å². The van der Waals surface area contributed by atoms with Crippen LogP contribution < -0.4 is 5.73 Å². The third-order valence-electron chi connectivity index (χ3n) is 1.18. The highest BCUT2D eigenvalue weighted by Gasteiger charge is 2.02. The fourth-order valence-corrected chi connectivity index (χ4v) is 0.820. The Kier molecular flexibility index (Phi) is 4.91. The zero-order valence-corrected chi connectivity index (χ0v) is 6.67. The summed E-state index contributed by atoms with van der Waals surface area (Å²) in [4.78, 5) is 1.92. The number of hydrogen-bond acceptors (Lipinski definition) is 3. The van der Waals surface area contributed by atoms with Crippen LogP contribution in [0.3, 0.4) is 0 Å². The highest BCUT2D eigenvalue weighted by atomic mass is 15.2. The molecule has 0 spiro atoms. The van der Waals surface area contributed by atoms with Crippen LogP contribution in [0.5, 0.6) is 0 Å². The van der Waals surface area contributed by atoms with Gasteiger partial charge in [0.1, 0.15) is 0 Å². The van der Waals surface area contributed by atoms with E-state index in [9.17, 15) is 0 Å². The van der Waals surface area contributed by atoms with E-state index in [1.54, 1.807) is 0 Å². The molecule has 3 nitrogen and oxygen atoms in total. The molecule has 0 saturated carbocycles. The van der Waals surface area contributed by atoms with Crippen molar-refractivity contribution >= 4 is 0 Å². The lowest BCUT2D eigenvalue weighted by Gasteiger charge is -2.18. The monoisotopic (exact) mass is 141 g/mol. The van der Waals surface area contributed by atoms with E-state index in [4.69, 9.17) is 11.0 Å². The molecule has 0 saturated heterocycles. The second kappa shape index (κ2) is 5.21. The third-order valence-corrected chi connectivity index (χ3v) is 1.18. The van der Waals surface area contributed by atoms with Gasteiger partial charge in [-0.25, -0.2) is 0 Å². The van der Waals surface area contributed by atoms with Crippen molar-refractivity contribution in [3.63, 3.8) is 0 Å². The molecule has 0 aromatic carbocycles. The van der Waals surface area contributed by atoms with Crippen molar-refractivity contribution in [3.05, 3.63) is 0 Å². The molecule has 2 N–H and O–H groups in total. The smallest absolute Gasteiger partial charge is 0.0876 e. The summed E-state index contributed by atoms with van der Waals surface area (Å²) in [6.45, 7) is 6.05. The zero-order valence-electron chi connectivity index (χ0n) is 6.67. The molecule has 0 aromatic rings.